The fourth-order valence-electron chi connectivity index (χ4n) is 1.68. The molecule has 20 heavy (non-hydrogen) atoms. The lowest BCUT2D eigenvalue weighted by atomic mass is 10.2. The number of anilines is 2. The molecular weight excluding hydrogens is 278 g/mol. The predicted octanol–water partition coefficient (Wildman–Crippen LogP) is 2.53. The van der Waals surface area contributed by atoms with E-state index in [1.165, 1.54) is 24.3 Å². The highest BCUT2D eigenvalue weighted by Crippen LogP contribution is 2.19. The molecule has 104 valence electrons. The van der Waals surface area contributed by atoms with Crippen LogP contribution in [0.15, 0.2) is 53.4 Å². The number of aromatic carboxylic acids is 1. The smallest absolute Gasteiger partial charge is 0.335 e. The van der Waals surface area contributed by atoms with Crippen LogP contribution in [0.2, 0.25) is 0 Å². The van der Waals surface area contributed by atoms with Crippen LogP contribution < -0.4 is 5.32 Å². The van der Waals surface area contributed by atoms with E-state index < -0.39 is 15.8 Å². The van der Waals surface area contributed by atoms with E-state index in [4.69, 9.17) is 5.11 Å². The van der Waals surface area contributed by atoms with Gasteiger partial charge in [-0.05, 0) is 42.5 Å². The third-order valence-corrected chi connectivity index (χ3v) is 3.81. The lowest BCUT2D eigenvalue weighted by molar-refractivity contribution is 0.0697. The van der Waals surface area contributed by atoms with Crippen molar-refractivity contribution < 1.29 is 18.3 Å². The summed E-state index contributed by atoms with van der Waals surface area (Å²) in [4.78, 5) is 11.1. The first-order valence-corrected chi connectivity index (χ1v) is 7.66. The van der Waals surface area contributed by atoms with Crippen LogP contribution >= 0.6 is 0 Å². The minimum absolute atomic E-state index is 0.183. The maximum Gasteiger partial charge on any atom is 0.335 e. The Kier molecular flexibility index (Phi) is 3.76. The van der Waals surface area contributed by atoms with E-state index in [-0.39, 0.29) is 10.5 Å². The zero-order valence-electron chi connectivity index (χ0n) is 10.7. The molecule has 5 nitrogen and oxygen atoms in total. The van der Waals surface area contributed by atoms with Crippen molar-refractivity contribution in [1.29, 1.82) is 0 Å². The standard InChI is InChI=1S/C14H13NO4S/c1-20(18,19)13-7-5-11(6-8-13)15-12-4-2-3-10(9-12)14(16)17/h2-9,15H,1H3,(H,16,17). The van der Waals surface area contributed by atoms with Crippen LogP contribution in [-0.4, -0.2) is 25.7 Å². The number of nitrogens with one attached hydrogen (secondary N) is 1. The second kappa shape index (κ2) is 5.34. The topological polar surface area (TPSA) is 83.5 Å². The number of carboxylic acids is 1. The SMILES string of the molecule is CS(=O)(=O)c1ccc(Nc2cccc(C(=O)O)c2)cc1. The Morgan fingerprint density at radius 2 is 1.70 bits per heavy atom. The van der Waals surface area contributed by atoms with Crippen molar-refractivity contribution in [3.63, 3.8) is 0 Å². The molecule has 2 rings (SSSR count). The van der Waals surface area contributed by atoms with Gasteiger partial charge in [-0.1, -0.05) is 6.07 Å². The minimum Gasteiger partial charge on any atom is -0.478 e. The summed E-state index contributed by atoms with van der Waals surface area (Å²) in [6.45, 7) is 0. The molecule has 0 aliphatic rings. The van der Waals surface area contributed by atoms with Gasteiger partial charge >= 0.3 is 5.97 Å². The Hall–Kier alpha value is -2.34. The fraction of sp³-hybridized carbons (Fsp3) is 0.0714. The summed E-state index contributed by atoms with van der Waals surface area (Å²) < 4.78 is 22.7. The monoisotopic (exact) mass is 291 g/mol. The van der Waals surface area contributed by atoms with Gasteiger partial charge in [-0.3, -0.25) is 0 Å². The van der Waals surface area contributed by atoms with Gasteiger partial charge in [-0.25, -0.2) is 13.2 Å². The Morgan fingerprint density at radius 3 is 2.25 bits per heavy atom. The Labute approximate surface area is 116 Å². The lowest BCUT2D eigenvalue weighted by Gasteiger charge is -2.07. The van der Waals surface area contributed by atoms with E-state index in [0.717, 1.165) is 6.26 Å². The van der Waals surface area contributed by atoms with Crippen LogP contribution in [0.4, 0.5) is 11.4 Å². The molecule has 0 aromatic heterocycles. The minimum atomic E-state index is -3.22. The average molecular weight is 291 g/mol. The largest absolute Gasteiger partial charge is 0.478 e. The molecule has 0 aliphatic heterocycles. The molecule has 0 fully saturated rings. The average Bonchev–Trinajstić information content (AvgIpc) is 2.38. The molecule has 0 radical (unpaired) electrons. The van der Waals surface area contributed by atoms with Crippen molar-refractivity contribution in [3.8, 4) is 0 Å². The summed E-state index contributed by atoms with van der Waals surface area (Å²) in [7, 11) is -3.22. The summed E-state index contributed by atoms with van der Waals surface area (Å²) in [6.07, 6.45) is 1.14. The molecule has 0 atom stereocenters. The van der Waals surface area contributed by atoms with Gasteiger partial charge in [0.25, 0.3) is 0 Å². The Bertz CT molecular complexity index is 736. The van der Waals surface area contributed by atoms with E-state index >= 15 is 0 Å². The summed E-state index contributed by atoms with van der Waals surface area (Å²) in [6, 6.07) is 12.6. The molecule has 2 N–H and O–H groups in total. The van der Waals surface area contributed by atoms with E-state index in [2.05, 4.69) is 5.32 Å². The molecule has 6 heteroatoms. The summed E-state index contributed by atoms with van der Waals surface area (Å²) in [5.74, 6) is -0.999. The van der Waals surface area contributed by atoms with Crippen molar-refractivity contribution in [1.82, 2.24) is 0 Å². The van der Waals surface area contributed by atoms with Crippen LogP contribution in [0.1, 0.15) is 10.4 Å². The second-order valence-electron chi connectivity index (χ2n) is 4.31. The number of carboxylic acid groups (broad SMARTS) is 1. The van der Waals surface area contributed by atoms with Gasteiger partial charge in [-0.2, -0.15) is 0 Å². The second-order valence-corrected chi connectivity index (χ2v) is 6.32. The molecule has 0 heterocycles. The molecule has 0 aliphatic carbocycles. The highest BCUT2D eigenvalue weighted by atomic mass is 32.2. The first-order chi connectivity index (χ1) is 9.36. The highest BCUT2D eigenvalue weighted by molar-refractivity contribution is 7.90. The van der Waals surface area contributed by atoms with E-state index in [9.17, 15) is 13.2 Å². The van der Waals surface area contributed by atoms with Crippen LogP contribution in [0.25, 0.3) is 0 Å². The van der Waals surface area contributed by atoms with Crippen molar-refractivity contribution in [2.24, 2.45) is 0 Å². The van der Waals surface area contributed by atoms with Gasteiger partial charge in [-0.15, -0.1) is 0 Å². The molecule has 0 saturated heterocycles. The number of hydrogen-bond donors (Lipinski definition) is 2. The van der Waals surface area contributed by atoms with Crippen LogP contribution in [0, 0.1) is 0 Å². The van der Waals surface area contributed by atoms with Gasteiger partial charge in [0.1, 0.15) is 0 Å². The third-order valence-electron chi connectivity index (χ3n) is 2.68. The predicted molar refractivity (Wildman–Crippen MR) is 76.2 cm³/mol. The summed E-state index contributed by atoms with van der Waals surface area (Å²) in [5.41, 5.74) is 1.49. The first kappa shape index (κ1) is 14.1. The van der Waals surface area contributed by atoms with Crippen molar-refractivity contribution >= 4 is 27.2 Å². The van der Waals surface area contributed by atoms with Crippen molar-refractivity contribution in [3.05, 3.63) is 54.1 Å². The first-order valence-electron chi connectivity index (χ1n) is 5.77. The number of benzene rings is 2. The molecular formula is C14H13NO4S. The maximum atomic E-state index is 11.3. The summed E-state index contributed by atoms with van der Waals surface area (Å²) in [5, 5.41) is 11.9. The molecule has 0 spiro atoms. The zero-order valence-corrected chi connectivity index (χ0v) is 11.5. The van der Waals surface area contributed by atoms with Gasteiger partial charge in [0.2, 0.25) is 0 Å². The van der Waals surface area contributed by atoms with E-state index in [1.54, 1.807) is 24.3 Å². The highest BCUT2D eigenvalue weighted by Gasteiger charge is 2.07. The Balaban J connectivity index is 2.22. The van der Waals surface area contributed by atoms with Crippen LogP contribution in [-0.2, 0) is 9.84 Å². The summed E-state index contributed by atoms with van der Waals surface area (Å²) >= 11 is 0. The van der Waals surface area contributed by atoms with Gasteiger partial charge in [0.15, 0.2) is 9.84 Å². The third kappa shape index (κ3) is 3.36. The molecule has 0 amide bonds. The van der Waals surface area contributed by atoms with E-state index in [0.29, 0.717) is 11.4 Å². The Morgan fingerprint density at radius 1 is 1.05 bits per heavy atom. The number of rotatable bonds is 4. The van der Waals surface area contributed by atoms with Gasteiger partial charge in [0, 0.05) is 17.6 Å². The fourth-order valence-corrected chi connectivity index (χ4v) is 2.31. The molecule has 0 saturated carbocycles. The quantitative estimate of drug-likeness (QED) is 0.904. The van der Waals surface area contributed by atoms with Gasteiger partial charge in [0.05, 0.1) is 10.5 Å². The normalized spacial score (nSPS) is 11.1. The number of carbonyl (C=O) groups is 1. The van der Waals surface area contributed by atoms with Crippen LogP contribution in [0.5, 0.6) is 0 Å². The van der Waals surface area contributed by atoms with Crippen LogP contribution in [0.3, 0.4) is 0 Å². The zero-order chi connectivity index (χ0) is 14.8. The molecule has 2 aromatic carbocycles. The molecule has 2 aromatic rings. The number of sulfone groups is 1. The molecule has 0 bridgehead atoms. The maximum absolute atomic E-state index is 11.3. The number of hydrogen-bond acceptors (Lipinski definition) is 4. The van der Waals surface area contributed by atoms with Crippen molar-refractivity contribution in [2.75, 3.05) is 11.6 Å². The van der Waals surface area contributed by atoms with Crippen molar-refractivity contribution in [2.45, 2.75) is 4.90 Å². The van der Waals surface area contributed by atoms with Gasteiger partial charge < -0.3 is 10.4 Å². The molecule has 0 unspecified atom stereocenters. The lowest BCUT2D eigenvalue weighted by Crippen LogP contribution is -1.99. The van der Waals surface area contributed by atoms with E-state index in [1.807, 2.05) is 0 Å².